The van der Waals surface area contributed by atoms with Gasteiger partial charge in [-0.25, -0.2) is 19.6 Å². The van der Waals surface area contributed by atoms with Gasteiger partial charge < -0.3 is 0 Å². The topological polar surface area (TPSA) is 56.5 Å². The predicted octanol–water partition coefficient (Wildman–Crippen LogP) is 4.30. The van der Waals surface area contributed by atoms with Crippen molar-refractivity contribution in [1.29, 1.82) is 0 Å². The number of nitrogens with zero attached hydrogens (tertiary/aromatic N) is 5. The van der Waals surface area contributed by atoms with Gasteiger partial charge in [0, 0.05) is 11.3 Å². The number of hydrogen-bond donors (Lipinski definition) is 0. The van der Waals surface area contributed by atoms with Crippen LogP contribution in [0.5, 0.6) is 0 Å². The zero-order valence-electron chi connectivity index (χ0n) is 12.7. The largest absolute Gasteiger partial charge is 0.229 e. The van der Waals surface area contributed by atoms with Gasteiger partial charge in [-0.05, 0) is 48.2 Å². The number of hydrogen-bond acceptors (Lipinski definition) is 6. The number of rotatable bonds is 4. The molecule has 1 aromatic carbocycles. The van der Waals surface area contributed by atoms with Crippen LogP contribution in [-0.4, -0.2) is 24.7 Å². The summed E-state index contributed by atoms with van der Waals surface area (Å²) in [5, 5.41) is 9.50. The van der Waals surface area contributed by atoms with Crippen molar-refractivity contribution in [2.24, 2.45) is 0 Å². The van der Waals surface area contributed by atoms with E-state index in [0.717, 1.165) is 31.9 Å². The van der Waals surface area contributed by atoms with Crippen LogP contribution in [0.4, 0.5) is 0 Å². The normalized spacial score (nSPS) is 14.3. The molecule has 0 spiro atoms. The number of aromatic nitrogens is 5. The molecule has 0 bridgehead atoms. The molecule has 3 aromatic heterocycles. The van der Waals surface area contributed by atoms with E-state index in [2.05, 4.69) is 28.2 Å². The Hall–Kier alpha value is -2.25. The molecule has 1 saturated carbocycles. The molecule has 0 atom stereocenters. The standard InChI is InChI=1S/C17H13N5S2/c1-2-4-12(5-3-1)22-14(11-6-7-11)20-17(21-22)24-16-13-8-9-23-15(13)18-10-19-16/h1-5,8-11H,6-7H2. The Balaban J connectivity index is 1.56. The monoisotopic (exact) mass is 351 g/mol. The second-order valence-corrected chi connectivity index (χ2v) is 7.55. The van der Waals surface area contributed by atoms with Gasteiger partial charge >= 0.3 is 0 Å². The first-order chi connectivity index (χ1) is 11.9. The molecule has 0 unspecified atom stereocenters. The van der Waals surface area contributed by atoms with Gasteiger partial charge in [-0.2, -0.15) is 0 Å². The van der Waals surface area contributed by atoms with Crippen molar-refractivity contribution in [2.45, 2.75) is 28.9 Å². The molecule has 1 aliphatic rings. The first-order valence-electron chi connectivity index (χ1n) is 7.77. The highest BCUT2D eigenvalue weighted by Gasteiger charge is 2.30. The molecule has 5 rings (SSSR count). The lowest BCUT2D eigenvalue weighted by atomic mass is 10.3. The van der Waals surface area contributed by atoms with E-state index in [1.54, 1.807) is 17.7 Å². The SMILES string of the molecule is c1ccc(-n2nc(Sc3ncnc4sccc34)nc2C2CC2)cc1. The zero-order valence-corrected chi connectivity index (χ0v) is 14.3. The van der Waals surface area contributed by atoms with Crippen molar-refractivity contribution >= 4 is 33.3 Å². The maximum Gasteiger partial charge on any atom is 0.215 e. The van der Waals surface area contributed by atoms with Crippen LogP contribution in [0.3, 0.4) is 0 Å². The molecule has 7 heteroatoms. The van der Waals surface area contributed by atoms with Crippen molar-refractivity contribution in [1.82, 2.24) is 24.7 Å². The highest BCUT2D eigenvalue weighted by atomic mass is 32.2. The average Bonchev–Trinajstić information content (AvgIpc) is 3.19. The minimum absolute atomic E-state index is 0.527. The lowest BCUT2D eigenvalue weighted by molar-refractivity contribution is 0.782. The highest BCUT2D eigenvalue weighted by molar-refractivity contribution is 7.99. The third-order valence-corrected chi connectivity index (χ3v) is 5.66. The lowest BCUT2D eigenvalue weighted by Gasteiger charge is -2.03. The second-order valence-electron chi connectivity index (χ2n) is 5.69. The molecule has 24 heavy (non-hydrogen) atoms. The molecule has 3 heterocycles. The lowest BCUT2D eigenvalue weighted by Crippen LogP contribution is -2.01. The molecule has 5 nitrogen and oxygen atoms in total. The Morgan fingerprint density at radius 3 is 2.79 bits per heavy atom. The summed E-state index contributed by atoms with van der Waals surface area (Å²) in [6, 6.07) is 12.3. The van der Waals surface area contributed by atoms with E-state index in [-0.39, 0.29) is 0 Å². The minimum atomic E-state index is 0.527. The second kappa shape index (κ2) is 5.68. The number of thiophene rings is 1. The van der Waals surface area contributed by atoms with Gasteiger partial charge in [0.15, 0.2) is 0 Å². The zero-order chi connectivity index (χ0) is 15.9. The molecule has 4 aromatic rings. The summed E-state index contributed by atoms with van der Waals surface area (Å²) in [6.07, 6.45) is 3.99. The first kappa shape index (κ1) is 14.1. The Morgan fingerprint density at radius 2 is 1.96 bits per heavy atom. The van der Waals surface area contributed by atoms with Crippen LogP contribution in [0.1, 0.15) is 24.6 Å². The van der Waals surface area contributed by atoms with Gasteiger partial charge in [-0.15, -0.1) is 16.4 Å². The molecule has 0 saturated heterocycles. The summed E-state index contributed by atoms with van der Waals surface area (Å²) in [4.78, 5) is 14.5. The van der Waals surface area contributed by atoms with Crippen LogP contribution >= 0.6 is 23.1 Å². The van der Waals surface area contributed by atoms with Gasteiger partial charge in [0.25, 0.3) is 0 Å². The van der Waals surface area contributed by atoms with Gasteiger partial charge in [0.05, 0.1) is 5.69 Å². The van der Waals surface area contributed by atoms with E-state index >= 15 is 0 Å². The Kier molecular flexibility index (Phi) is 3.34. The van der Waals surface area contributed by atoms with Crippen LogP contribution in [0.15, 0.2) is 58.3 Å². The van der Waals surface area contributed by atoms with Crippen LogP contribution in [0, 0.1) is 0 Å². The summed E-state index contributed by atoms with van der Waals surface area (Å²) in [7, 11) is 0. The fraction of sp³-hybridized carbons (Fsp3) is 0.176. The molecule has 0 N–H and O–H groups in total. The summed E-state index contributed by atoms with van der Waals surface area (Å²) >= 11 is 3.13. The van der Waals surface area contributed by atoms with Crippen molar-refractivity contribution < 1.29 is 0 Å². The third-order valence-electron chi connectivity index (χ3n) is 3.97. The van der Waals surface area contributed by atoms with Gasteiger partial charge in [0.1, 0.15) is 22.0 Å². The van der Waals surface area contributed by atoms with Crippen LogP contribution in [0.25, 0.3) is 15.9 Å². The van der Waals surface area contributed by atoms with Crippen molar-refractivity contribution in [3.05, 3.63) is 53.9 Å². The molecule has 0 aliphatic heterocycles. The molecule has 0 radical (unpaired) electrons. The highest BCUT2D eigenvalue weighted by Crippen LogP contribution is 2.41. The first-order valence-corrected chi connectivity index (χ1v) is 9.46. The quantitative estimate of drug-likeness (QED) is 0.513. The number of para-hydroxylation sites is 1. The molecule has 0 amide bonds. The molecule has 1 fully saturated rings. The van der Waals surface area contributed by atoms with E-state index in [1.807, 2.05) is 28.3 Å². The van der Waals surface area contributed by atoms with Gasteiger partial charge in [0.2, 0.25) is 5.16 Å². The van der Waals surface area contributed by atoms with Crippen molar-refractivity contribution in [3.8, 4) is 5.69 Å². The van der Waals surface area contributed by atoms with E-state index in [9.17, 15) is 0 Å². The van der Waals surface area contributed by atoms with Crippen LogP contribution in [0.2, 0.25) is 0 Å². The maximum atomic E-state index is 4.79. The number of fused-ring (bicyclic) bond motifs is 1. The van der Waals surface area contributed by atoms with Crippen molar-refractivity contribution in [2.75, 3.05) is 0 Å². The fourth-order valence-corrected chi connectivity index (χ4v) is 4.25. The van der Waals surface area contributed by atoms with Crippen LogP contribution in [-0.2, 0) is 0 Å². The molecule has 118 valence electrons. The smallest absolute Gasteiger partial charge is 0.215 e. The molecular weight excluding hydrogens is 338 g/mol. The van der Waals surface area contributed by atoms with Crippen molar-refractivity contribution in [3.63, 3.8) is 0 Å². The summed E-state index contributed by atoms with van der Waals surface area (Å²) in [5.74, 6) is 1.58. The molecule has 1 aliphatic carbocycles. The summed E-state index contributed by atoms with van der Waals surface area (Å²) in [6.45, 7) is 0. The number of benzene rings is 1. The van der Waals surface area contributed by atoms with E-state index in [1.165, 1.54) is 24.6 Å². The van der Waals surface area contributed by atoms with Crippen LogP contribution < -0.4 is 0 Å². The maximum absolute atomic E-state index is 4.79. The Morgan fingerprint density at radius 1 is 1.08 bits per heavy atom. The fourth-order valence-electron chi connectivity index (χ4n) is 2.65. The van der Waals surface area contributed by atoms with E-state index in [4.69, 9.17) is 10.1 Å². The van der Waals surface area contributed by atoms with Gasteiger partial charge in [-0.1, -0.05) is 18.2 Å². The Labute approximate surface area is 146 Å². The predicted molar refractivity (Wildman–Crippen MR) is 94.9 cm³/mol. The molecular formula is C17H13N5S2. The Bertz CT molecular complexity index is 1000. The van der Waals surface area contributed by atoms with E-state index < -0.39 is 0 Å². The average molecular weight is 351 g/mol. The third kappa shape index (κ3) is 2.50. The minimum Gasteiger partial charge on any atom is -0.229 e. The summed E-state index contributed by atoms with van der Waals surface area (Å²) in [5.41, 5.74) is 1.06. The van der Waals surface area contributed by atoms with Gasteiger partial charge in [-0.3, -0.25) is 0 Å². The van der Waals surface area contributed by atoms with E-state index in [0.29, 0.717) is 5.92 Å². The summed E-state index contributed by atoms with van der Waals surface area (Å²) < 4.78 is 1.98.